The first kappa shape index (κ1) is 20.5. The standard InChI is InChI=1S/C21H23N3O2S/c1-15(2)20(25)23-11-12-24-21(26)18-5-3-4-6-19(18)27-14-17-9-7-16(13-22)8-10-17/h3-10,15H,11-12,14H2,1-2H3,(H,23,25)(H,24,26). The zero-order valence-electron chi connectivity index (χ0n) is 15.5. The molecule has 2 aromatic rings. The van der Waals surface area contributed by atoms with Gasteiger partial charge in [0.15, 0.2) is 0 Å². The minimum Gasteiger partial charge on any atom is -0.354 e. The van der Waals surface area contributed by atoms with Crippen LogP contribution in [0.15, 0.2) is 53.4 Å². The molecule has 2 amide bonds. The van der Waals surface area contributed by atoms with Crippen LogP contribution in [0.2, 0.25) is 0 Å². The number of hydrogen-bond acceptors (Lipinski definition) is 4. The van der Waals surface area contributed by atoms with E-state index in [1.54, 1.807) is 30.0 Å². The van der Waals surface area contributed by atoms with Crippen LogP contribution < -0.4 is 10.6 Å². The first-order valence-corrected chi connectivity index (χ1v) is 9.76. The quantitative estimate of drug-likeness (QED) is 0.543. The van der Waals surface area contributed by atoms with Crippen molar-refractivity contribution in [2.75, 3.05) is 13.1 Å². The second-order valence-corrected chi connectivity index (χ2v) is 7.31. The lowest BCUT2D eigenvalue weighted by molar-refractivity contribution is -0.123. The van der Waals surface area contributed by atoms with Gasteiger partial charge in [-0.25, -0.2) is 0 Å². The lowest BCUT2D eigenvalue weighted by atomic mass is 10.2. The zero-order valence-corrected chi connectivity index (χ0v) is 16.3. The van der Waals surface area contributed by atoms with Crippen LogP contribution in [-0.4, -0.2) is 24.9 Å². The van der Waals surface area contributed by atoms with Crippen molar-refractivity contribution in [3.8, 4) is 6.07 Å². The molecule has 140 valence electrons. The van der Waals surface area contributed by atoms with Gasteiger partial charge in [-0.2, -0.15) is 5.26 Å². The third-order valence-corrected chi connectivity index (χ3v) is 4.99. The van der Waals surface area contributed by atoms with Gasteiger partial charge in [0.1, 0.15) is 0 Å². The molecule has 0 fully saturated rings. The first-order valence-electron chi connectivity index (χ1n) is 8.78. The third kappa shape index (κ3) is 6.46. The molecule has 27 heavy (non-hydrogen) atoms. The second-order valence-electron chi connectivity index (χ2n) is 6.30. The molecule has 6 heteroatoms. The molecule has 2 rings (SSSR count). The van der Waals surface area contributed by atoms with Gasteiger partial charge in [-0.05, 0) is 29.8 Å². The summed E-state index contributed by atoms with van der Waals surface area (Å²) in [5, 5.41) is 14.5. The van der Waals surface area contributed by atoms with Gasteiger partial charge in [-0.3, -0.25) is 9.59 Å². The molecule has 0 heterocycles. The van der Waals surface area contributed by atoms with Crippen LogP contribution in [0.1, 0.15) is 35.3 Å². The Hall–Kier alpha value is -2.78. The number of carbonyl (C=O) groups excluding carboxylic acids is 2. The molecule has 0 saturated heterocycles. The molecule has 0 unspecified atom stereocenters. The van der Waals surface area contributed by atoms with Crippen molar-refractivity contribution < 1.29 is 9.59 Å². The van der Waals surface area contributed by atoms with E-state index in [4.69, 9.17) is 5.26 Å². The minimum atomic E-state index is -0.156. The Kier molecular flexibility index (Phi) is 7.90. The fourth-order valence-electron chi connectivity index (χ4n) is 2.28. The molecule has 0 atom stereocenters. The van der Waals surface area contributed by atoms with Crippen LogP contribution in [0.4, 0.5) is 0 Å². The summed E-state index contributed by atoms with van der Waals surface area (Å²) in [6.07, 6.45) is 0. The van der Waals surface area contributed by atoms with Gasteiger partial charge in [-0.1, -0.05) is 38.1 Å². The van der Waals surface area contributed by atoms with Gasteiger partial charge in [0, 0.05) is 29.7 Å². The monoisotopic (exact) mass is 381 g/mol. The number of benzene rings is 2. The number of thioether (sulfide) groups is 1. The minimum absolute atomic E-state index is 0.0254. The van der Waals surface area contributed by atoms with E-state index < -0.39 is 0 Å². The number of hydrogen-bond donors (Lipinski definition) is 2. The molecule has 0 aliphatic rings. The average molecular weight is 382 g/mol. The van der Waals surface area contributed by atoms with E-state index in [2.05, 4.69) is 16.7 Å². The average Bonchev–Trinajstić information content (AvgIpc) is 2.69. The molecular weight excluding hydrogens is 358 g/mol. The van der Waals surface area contributed by atoms with Gasteiger partial charge in [0.25, 0.3) is 5.91 Å². The molecule has 0 spiro atoms. The molecule has 0 bridgehead atoms. The Bertz CT molecular complexity index is 826. The van der Waals surface area contributed by atoms with Gasteiger partial charge in [0.2, 0.25) is 5.91 Å². The molecule has 0 saturated carbocycles. The molecular formula is C21H23N3O2S. The fourth-order valence-corrected chi connectivity index (χ4v) is 3.28. The first-order chi connectivity index (χ1) is 13.0. The maximum atomic E-state index is 12.5. The number of amides is 2. The highest BCUT2D eigenvalue weighted by Crippen LogP contribution is 2.26. The van der Waals surface area contributed by atoms with Gasteiger partial charge in [-0.15, -0.1) is 11.8 Å². The Labute approximate surface area is 164 Å². The fraction of sp³-hybridized carbons (Fsp3) is 0.286. The van der Waals surface area contributed by atoms with E-state index in [0.717, 1.165) is 10.5 Å². The Morgan fingerprint density at radius 1 is 1.04 bits per heavy atom. The summed E-state index contributed by atoms with van der Waals surface area (Å²) in [6.45, 7) is 4.44. The lowest BCUT2D eigenvalue weighted by Crippen LogP contribution is -2.36. The second kappa shape index (κ2) is 10.4. The SMILES string of the molecule is CC(C)C(=O)NCCNC(=O)c1ccccc1SCc1ccc(C#N)cc1. The topological polar surface area (TPSA) is 82.0 Å². The number of rotatable bonds is 8. The summed E-state index contributed by atoms with van der Waals surface area (Å²) in [5.74, 6) is 0.458. The van der Waals surface area contributed by atoms with Crippen LogP contribution >= 0.6 is 11.8 Å². The molecule has 0 radical (unpaired) electrons. The van der Waals surface area contributed by atoms with Crippen molar-refractivity contribution in [2.24, 2.45) is 5.92 Å². The van der Waals surface area contributed by atoms with Crippen LogP contribution in [0.3, 0.4) is 0 Å². The van der Waals surface area contributed by atoms with Crippen molar-refractivity contribution in [1.29, 1.82) is 5.26 Å². The van der Waals surface area contributed by atoms with Crippen molar-refractivity contribution >= 4 is 23.6 Å². The number of nitrogens with one attached hydrogen (secondary N) is 2. The van der Waals surface area contributed by atoms with Crippen LogP contribution in [-0.2, 0) is 10.5 Å². The summed E-state index contributed by atoms with van der Waals surface area (Å²) in [6, 6.07) is 17.0. The zero-order chi connectivity index (χ0) is 19.6. The van der Waals surface area contributed by atoms with E-state index in [-0.39, 0.29) is 17.7 Å². The number of nitrogens with zero attached hydrogens (tertiary/aromatic N) is 1. The maximum absolute atomic E-state index is 12.5. The van der Waals surface area contributed by atoms with Crippen molar-refractivity contribution in [3.05, 3.63) is 65.2 Å². The van der Waals surface area contributed by atoms with E-state index in [1.165, 1.54) is 0 Å². The summed E-state index contributed by atoms with van der Waals surface area (Å²) in [5.41, 5.74) is 2.34. The molecule has 0 aromatic heterocycles. The predicted octanol–water partition coefficient (Wildman–Crippen LogP) is 3.35. The lowest BCUT2D eigenvalue weighted by Gasteiger charge is -2.11. The van der Waals surface area contributed by atoms with E-state index >= 15 is 0 Å². The summed E-state index contributed by atoms with van der Waals surface area (Å²) in [4.78, 5) is 24.9. The molecule has 2 aromatic carbocycles. The summed E-state index contributed by atoms with van der Waals surface area (Å²) < 4.78 is 0. The summed E-state index contributed by atoms with van der Waals surface area (Å²) in [7, 11) is 0. The molecule has 5 nitrogen and oxygen atoms in total. The highest BCUT2D eigenvalue weighted by atomic mass is 32.2. The van der Waals surface area contributed by atoms with E-state index in [9.17, 15) is 9.59 Å². The largest absolute Gasteiger partial charge is 0.354 e. The van der Waals surface area contributed by atoms with Crippen molar-refractivity contribution in [2.45, 2.75) is 24.5 Å². The Morgan fingerprint density at radius 2 is 1.70 bits per heavy atom. The van der Waals surface area contributed by atoms with Crippen molar-refractivity contribution in [3.63, 3.8) is 0 Å². The third-order valence-electron chi connectivity index (χ3n) is 3.84. The highest BCUT2D eigenvalue weighted by molar-refractivity contribution is 7.98. The number of nitriles is 1. The Balaban J connectivity index is 1.90. The van der Waals surface area contributed by atoms with Crippen LogP contribution in [0.5, 0.6) is 0 Å². The molecule has 2 N–H and O–H groups in total. The predicted molar refractivity (Wildman–Crippen MR) is 107 cm³/mol. The molecule has 0 aliphatic carbocycles. The smallest absolute Gasteiger partial charge is 0.252 e. The van der Waals surface area contributed by atoms with E-state index in [1.807, 2.05) is 44.2 Å². The normalized spacial score (nSPS) is 10.3. The maximum Gasteiger partial charge on any atom is 0.252 e. The number of carbonyl (C=O) groups is 2. The van der Waals surface area contributed by atoms with Gasteiger partial charge in [0.05, 0.1) is 17.2 Å². The van der Waals surface area contributed by atoms with Crippen molar-refractivity contribution in [1.82, 2.24) is 10.6 Å². The van der Waals surface area contributed by atoms with E-state index in [0.29, 0.717) is 30.0 Å². The van der Waals surface area contributed by atoms with Gasteiger partial charge < -0.3 is 10.6 Å². The Morgan fingerprint density at radius 3 is 2.37 bits per heavy atom. The molecule has 0 aliphatic heterocycles. The highest BCUT2D eigenvalue weighted by Gasteiger charge is 2.11. The van der Waals surface area contributed by atoms with Crippen LogP contribution in [0, 0.1) is 17.2 Å². The van der Waals surface area contributed by atoms with Crippen LogP contribution in [0.25, 0.3) is 0 Å². The summed E-state index contributed by atoms with van der Waals surface area (Å²) >= 11 is 1.58. The van der Waals surface area contributed by atoms with Gasteiger partial charge >= 0.3 is 0 Å².